The number of nitrogens with zero attached hydrogens (tertiary/aromatic N) is 1. The topological polar surface area (TPSA) is 90.7 Å². The molecule has 0 aliphatic carbocycles. The molecule has 0 unspecified atom stereocenters. The van der Waals surface area contributed by atoms with Gasteiger partial charge in [0.1, 0.15) is 23.7 Å². The van der Waals surface area contributed by atoms with Crippen LogP contribution in [0.1, 0.15) is 17.3 Å². The molecule has 0 aliphatic rings. The summed E-state index contributed by atoms with van der Waals surface area (Å²) in [4.78, 5) is 22.5. The Hall–Kier alpha value is -2.80. The fourth-order valence-corrected chi connectivity index (χ4v) is 2.25. The first kappa shape index (κ1) is 18.5. The smallest absolute Gasteiger partial charge is 0.282 e. The maximum atomic E-state index is 12.1. The van der Waals surface area contributed by atoms with Gasteiger partial charge in [-0.25, -0.2) is 0 Å². The minimum atomic E-state index is -0.623. The molecular weight excluding hydrogens is 348 g/mol. The molecule has 1 amide bonds. The van der Waals surface area contributed by atoms with Gasteiger partial charge in [-0.2, -0.15) is 0 Å². The van der Waals surface area contributed by atoms with Crippen LogP contribution < -0.4 is 14.8 Å². The van der Waals surface area contributed by atoms with Crippen LogP contribution in [0.2, 0.25) is 5.02 Å². The molecule has 1 N–H and O–H groups in total. The fourth-order valence-electron chi connectivity index (χ4n) is 2.08. The van der Waals surface area contributed by atoms with Crippen LogP contribution in [0.25, 0.3) is 0 Å². The summed E-state index contributed by atoms with van der Waals surface area (Å²) in [6, 6.07) is 10.9. The second-order valence-corrected chi connectivity index (χ2v) is 5.36. The molecule has 132 valence electrons. The first-order chi connectivity index (χ1) is 12.0. The van der Waals surface area contributed by atoms with E-state index < -0.39 is 10.8 Å². The van der Waals surface area contributed by atoms with Gasteiger partial charge in [-0.15, -0.1) is 0 Å². The SMILES string of the molecule is CCOc1ccc(OCCNC(=O)c2cc(Cl)ccc2[N+](=O)[O-])cc1. The Morgan fingerprint density at radius 1 is 1.16 bits per heavy atom. The van der Waals surface area contributed by atoms with Gasteiger partial charge in [-0.05, 0) is 43.3 Å². The molecule has 0 aromatic heterocycles. The Bertz CT molecular complexity index is 749. The molecule has 2 aromatic rings. The van der Waals surface area contributed by atoms with Gasteiger partial charge in [0.15, 0.2) is 0 Å². The molecule has 0 fully saturated rings. The zero-order chi connectivity index (χ0) is 18.2. The van der Waals surface area contributed by atoms with Crippen LogP contribution in [-0.2, 0) is 0 Å². The zero-order valence-electron chi connectivity index (χ0n) is 13.5. The van der Waals surface area contributed by atoms with E-state index in [-0.39, 0.29) is 29.4 Å². The normalized spacial score (nSPS) is 10.2. The van der Waals surface area contributed by atoms with Crippen molar-refractivity contribution < 1.29 is 19.2 Å². The second-order valence-electron chi connectivity index (χ2n) is 4.93. The first-order valence-corrected chi connectivity index (χ1v) is 7.97. The van der Waals surface area contributed by atoms with E-state index in [0.717, 1.165) is 5.75 Å². The molecule has 0 saturated carbocycles. The molecule has 8 heteroatoms. The van der Waals surface area contributed by atoms with E-state index in [1.807, 2.05) is 6.92 Å². The van der Waals surface area contributed by atoms with Crippen molar-refractivity contribution in [1.82, 2.24) is 5.32 Å². The van der Waals surface area contributed by atoms with Crippen LogP contribution in [0.15, 0.2) is 42.5 Å². The zero-order valence-corrected chi connectivity index (χ0v) is 14.3. The quantitative estimate of drug-likeness (QED) is 0.440. The van der Waals surface area contributed by atoms with Gasteiger partial charge in [-0.3, -0.25) is 14.9 Å². The van der Waals surface area contributed by atoms with E-state index in [0.29, 0.717) is 12.4 Å². The summed E-state index contributed by atoms with van der Waals surface area (Å²) in [6.07, 6.45) is 0. The van der Waals surface area contributed by atoms with Crippen LogP contribution in [0.3, 0.4) is 0 Å². The fraction of sp³-hybridized carbons (Fsp3) is 0.235. The summed E-state index contributed by atoms with van der Waals surface area (Å²) in [6.45, 7) is 2.89. The number of halogens is 1. The van der Waals surface area contributed by atoms with E-state index in [9.17, 15) is 14.9 Å². The molecular formula is C17H17ClN2O5. The lowest BCUT2D eigenvalue weighted by Crippen LogP contribution is -2.28. The van der Waals surface area contributed by atoms with E-state index in [2.05, 4.69) is 5.32 Å². The van der Waals surface area contributed by atoms with Crippen LogP contribution in [-0.4, -0.2) is 30.6 Å². The lowest BCUT2D eigenvalue weighted by Gasteiger charge is -2.09. The third kappa shape index (κ3) is 5.36. The molecule has 0 heterocycles. The van der Waals surface area contributed by atoms with Gasteiger partial charge in [0.2, 0.25) is 0 Å². The van der Waals surface area contributed by atoms with Crippen LogP contribution in [0.4, 0.5) is 5.69 Å². The van der Waals surface area contributed by atoms with Crippen molar-refractivity contribution in [2.75, 3.05) is 19.8 Å². The lowest BCUT2D eigenvalue weighted by atomic mass is 10.1. The third-order valence-corrected chi connectivity index (χ3v) is 3.43. The number of amides is 1. The predicted molar refractivity (Wildman–Crippen MR) is 93.5 cm³/mol. The largest absolute Gasteiger partial charge is 0.494 e. The number of rotatable bonds is 8. The highest BCUT2D eigenvalue weighted by Gasteiger charge is 2.20. The van der Waals surface area contributed by atoms with Gasteiger partial charge in [-0.1, -0.05) is 11.6 Å². The standard InChI is InChI=1S/C17H17ClN2O5/c1-2-24-13-4-6-14(7-5-13)25-10-9-19-17(21)15-11-12(18)3-8-16(15)20(22)23/h3-8,11H,2,9-10H2,1H3,(H,19,21). The number of benzene rings is 2. The maximum absolute atomic E-state index is 12.1. The number of nitrogens with one attached hydrogen (secondary N) is 1. The molecule has 0 atom stereocenters. The number of carbonyl (C=O) groups is 1. The van der Waals surface area contributed by atoms with Crippen molar-refractivity contribution in [2.45, 2.75) is 6.92 Å². The molecule has 2 rings (SSSR count). The highest BCUT2D eigenvalue weighted by atomic mass is 35.5. The molecule has 0 spiro atoms. The third-order valence-electron chi connectivity index (χ3n) is 3.19. The van der Waals surface area contributed by atoms with Crippen LogP contribution >= 0.6 is 11.6 Å². The number of hydrogen-bond acceptors (Lipinski definition) is 5. The van der Waals surface area contributed by atoms with E-state index in [1.54, 1.807) is 24.3 Å². The van der Waals surface area contributed by atoms with E-state index in [1.165, 1.54) is 18.2 Å². The Morgan fingerprint density at radius 3 is 2.40 bits per heavy atom. The van der Waals surface area contributed by atoms with Crippen molar-refractivity contribution in [3.63, 3.8) is 0 Å². The second kappa shape index (κ2) is 8.89. The van der Waals surface area contributed by atoms with Crippen LogP contribution in [0.5, 0.6) is 11.5 Å². The summed E-state index contributed by atoms with van der Waals surface area (Å²) in [5, 5.41) is 13.8. The molecule has 0 saturated heterocycles. The Kier molecular flexibility index (Phi) is 6.59. The van der Waals surface area contributed by atoms with Crippen molar-refractivity contribution >= 4 is 23.2 Å². The van der Waals surface area contributed by atoms with Gasteiger partial charge in [0, 0.05) is 11.1 Å². The number of carbonyl (C=O) groups excluding carboxylic acids is 1. The number of hydrogen-bond donors (Lipinski definition) is 1. The number of nitro benzene ring substituents is 1. The van der Waals surface area contributed by atoms with Crippen LogP contribution in [0, 0.1) is 10.1 Å². The maximum Gasteiger partial charge on any atom is 0.282 e. The molecule has 0 bridgehead atoms. The first-order valence-electron chi connectivity index (χ1n) is 7.59. The molecule has 0 radical (unpaired) electrons. The average Bonchev–Trinajstić information content (AvgIpc) is 2.59. The van der Waals surface area contributed by atoms with Crippen molar-refractivity contribution in [3.05, 3.63) is 63.2 Å². The van der Waals surface area contributed by atoms with E-state index in [4.69, 9.17) is 21.1 Å². The summed E-state index contributed by atoms with van der Waals surface area (Å²) >= 11 is 5.80. The predicted octanol–water partition coefficient (Wildman–Crippen LogP) is 3.46. The minimum Gasteiger partial charge on any atom is -0.494 e. The molecule has 25 heavy (non-hydrogen) atoms. The Balaban J connectivity index is 1.86. The summed E-state index contributed by atoms with van der Waals surface area (Å²) in [7, 11) is 0. The number of ether oxygens (including phenoxy) is 2. The lowest BCUT2D eigenvalue weighted by molar-refractivity contribution is -0.385. The van der Waals surface area contributed by atoms with Crippen molar-refractivity contribution in [3.8, 4) is 11.5 Å². The summed E-state index contributed by atoms with van der Waals surface area (Å²) in [5.74, 6) is 0.798. The molecule has 7 nitrogen and oxygen atoms in total. The minimum absolute atomic E-state index is 0.0847. The van der Waals surface area contributed by atoms with E-state index >= 15 is 0 Å². The highest BCUT2D eigenvalue weighted by molar-refractivity contribution is 6.31. The Labute approximate surface area is 149 Å². The van der Waals surface area contributed by atoms with Gasteiger partial charge in [0.25, 0.3) is 11.6 Å². The van der Waals surface area contributed by atoms with Crippen molar-refractivity contribution in [1.29, 1.82) is 0 Å². The Morgan fingerprint density at radius 2 is 1.80 bits per heavy atom. The van der Waals surface area contributed by atoms with Gasteiger partial charge >= 0.3 is 0 Å². The summed E-state index contributed by atoms with van der Waals surface area (Å²) < 4.78 is 10.8. The highest BCUT2D eigenvalue weighted by Crippen LogP contribution is 2.22. The van der Waals surface area contributed by atoms with Gasteiger partial charge in [0.05, 0.1) is 18.1 Å². The average molecular weight is 365 g/mol. The summed E-state index contributed by atoms with van der Waals surface area (Å²) in [5.41, 5.74) is -0.382. The monoisotopic (exact) mass is 364 g/mol. The van der Waals surface area contributed by atoms with Gasteiger partial charge < -0.3 is 14.8 Å². The molecule has 2 aromatic carbocycles. The number of nitro groups is 1. The van der Waals surface area contributed by atoms with Crippen molar-refractivity contribution in [2.24, 2.45) is 0 Å². The molecule has 0 aliphatic heterocycles.